The Bertz CT molecular complexity index is 622. The van der Waals surface area contributed by atoms with Crippen molar-refractivity contribution in [3.63, 3.8) is 0 Å². The molecule has 2 aromatic rings. The number of aromatic nitrogens is 2. The molecule has 0 radical (unpaired) electrons. The van der Waals surface area contributed by atoms with Gasteiger partial charge in [-0.3, -0.25) is 0 Å². The summed E-state index contributed by atoms with van der Waals surface area (Å²) in [5.74, 6) is 2.37. The minimum Gasteiger partial charge on any atom is -0.494 e. The normalized spacial score (nSPS) is 15.5. The van der Waals surface area contributed by atoms with Gasteiger partial charge in [0.1, 0.15) is 11.6 Å². The molecule has 2 N–H and O–H groups in total. The maximum absolute atomic E-state index is 5.46. The predicted octanol–water partition coefficient (Wildman–Crippen LogP) is 4.75. The SMILES string of the molecule is CCOc1ccc(Nc2nccc(NC3CCCCCC3)n2)cc1. The molecule has 3 rings (SSSR count). The molecule has 0 unspecified atom stereocenters. The Labute approximate surface area is 143 Å². The number of rotatable bonds is 6. The van der Waals surface area contributed by atoms with Gasteiger partial charge in [-0.05, 0) is 50.1 Å². The highest BCUT2D eigenvalue weighted by atomic mass is 16.5. The van der Waals surface area contributed by atoms with Crippen LogP contribution in [-0.2, 0) is 0 Å². The van der Waals surface area contributed by atoms with E-state index in [2.05, 4.69) is 20.6 Å². The van der Waals surface area contributed by atoms with Gasteiger partial charge in [0, 0.05) is 17.9 Å². The molecule has 24 heavy (non-hydrogen) atoms. The van der Waals surface area contributed by atoms with Gasteiger partial charge in [0.15, 0.2) is 0 Å². The van der Waals surface area contributed by atoms with Crippen LogP contribution in [0.4, 0.5) is 17.5 Å². The highest BCUT2D eigenvalue weighted by Gasteiger charge is 2.12. The Kier molecular flexibility index (Phi) is 5.88. The molecule has 1 saturated carbocycles. The zero-order valence-corrected chi connectivity index (χ0v) is 14.3. The quantitative estimate of drug-likeness (QED) is 0.750. The van der Waals surface area contributed by atoms with Crippen LogP contribution in [0.15, 0.2) is 36.5 Å². The number of ether oxygens (including phenoxy) is 1. The van der Waals surface area contributed by atoms with Crippen molar-refractivity contribution in [3.05, 3.63) is 36.5 Å². The fourth-order valence-electron chi connectivity index (χ4n) is 3.06. The third kappa shape index (κ3) is 4.85. The lowest BCUT2D eigenvalue weighted by Crippen LogP contribution is -2.19. The topological polar surface area (TPSA) is 59.1 Å². The molecule has 0 amide bonds. The van der Waals surface area contributed by atoms with Gasteiger partial charge >= 0.3 is 0 Å². The largest absolute Gasteiger partial charge is 0.494 e. The second-order valence-electron chi connectivity index (χ2n) is 6.18. The van der Waals surface area contributed by atoms with Crippen molar-refractivity contribution in [2.24, 2.45) is 0 Å². The lowest BCUT2D eigenvalue weighted by molar-refractivity contribution is 0.340. The van der Waals surface area contributed by atoms with Gasteiger partial charge in [0.05, 0.1) is 6.61 Å². The monoisotopic (exact) mass is 326 g/mol. The van der Waals surface area contributed by atoms with Gasteiger partial charge in [-0.1, -0.05) is 25.7 Å². The van der Waals surface area contributed by atoms with Crippen LogP contribution < -0.4 is 15.4 Å². The van der Waals surface area contributed by atoms with E-state index in [0.717, 1.165) is 17.3 Å². The van der Waals surface area contributed by atoms with Gasteiger partial charge in [-0.2, -0.15) is 4.98 Å². The molecule has 0 atom stereocenters. The first-order valence-electron chi connectivity index (χ1n) is 8.93. The standard InChI is InChI=1S/C19H26N4O/c1-2-24-17-11-9-16(10-12-17)22-19-20-14-13-18(23-19)21-15-7-5-3-4-6-8-15/h9-15H,2-8H2,1H3,(H2,20,21,22,23). The molecule has 1 aromatic heterocycles. The van der Waals surface area contributed by atoms with Crippen molar-refractivity contribution >= 4 is 17.5 Å². The molecular formula is C19H26N4O. The zero-order chi connectivity index (χ0) is 16.6. The molecule has 5 heteroatoms. The minimum absolute atomic E-state index is 0.528. The molecular weight excluding hydrogens is 300 g/mol. The highest BCUT2D eigenvalue weighted by molar-refractivity contribution is 5.55. The third-order valence-electron chi connectivity index (χ3n) is 4.28. The summed E-state index contributed by atoms with van der Waals surface area (Å²) in [6.45, 7) is 2.65. The lowest BCUT2D eigenvalue weighted by atomic mass is 10.1. The van der Waals surface area contributed by atoms with E-state index in [1.807, 2.05) is 37.3 Å². The first-order chi connectivity index (χ1) is 11.8. The summed E-state index contributed by atoms with van der Waals surface area (Å²) in [5, 5.41) is 6.81. The smallest absolute Gasteiger partial charge is 0.229 e. The number of nitrogens with one attached hydrogen (secondary N) is 2. The number of anilines is 3. The Morgan fingerprint density at radius 3 is 2.50 bits per heavy atom. The highest BCUT2D eigenvalue weighted by Crippen LogP contribution is 2.22. The number of benzene rings is 1. The third-order valence-corrected chi connectivity index (χ3v) is 4.28. The van der Waals surface area contributed by atoms with Crippen molar-refractivity contribution in [2.75, 3.05) is 17.2 Å². The van der Waals surface area contributed by atoms with Crippen LogP contribution in [0.3, 0.4) is 0 Å². The molecule has 1 fully saturated rings. The number of hydrogen-bond donors (Lipinski definition) is 2. The molecule has 1 heterocycles. The maximum atomic E-state index is 5.46. The Morgan fingerprint density at radius 2 is 1.79 bits per heavy atom. The van der Waals surface area contributed by atoms with Gasteiger partial charge < -0.3 is 15.4 Å². The summed E-state index contributed by atoms with van der Waals surface area (Å²) < 4.78 is 5.46. The average Bonchev–Trinajstić information content (AvgIpc) is 2.86. The van der Waals surface area contributed by atoms with Gasteiger partial charge in [-0.25, -0.2) is 4.98 Å². The van der Waals surface area contributed by atoms with Crippen molar-refractivity contribution in [3.8, 4) is 5.75 Å². The number of nitrogens with zero attached hydrogens (tertiary/aromatic N) is 2. The molecule has 0 aliphatic heterocycles. The first-order valence-corrected chi connectivity index (χ1v) is 8.93. The summed E-state index contributed by atoms with van der Waals surface area (Å²) in [6, 6.07) is 10.3. The van der Waals surface area contributed by atoms with Crippen LogP contribution in [0.2, 0.25) is 0 Å². The van der Waals surface area contributed by atoms with E-state index in [1.54, 1.807) is 6.20 Å². The van der Waals surface area contributed by atoms with Crippen LogP contribution in [0.5, 0.6) is 5.75 Å². The molecule has 1 aliphatic rings. The van der Waals surface area contributed by atoms with Crippen LogP contribution in [0.25, 0.3) is 0 Å². The van der Waals surface area contributed by atoms with E-state index in [0.29, 0.717) is 18.6 Å². The molecule has 0 bridgehead atoms. The van der Waals surface area contributed by atoms with E-state index in [1.165, 1.54) is 38.5 Å². The van der Waals surface area contributed by atoms with Crippen LogP contribution in [0.1, 0.15) is 45.4 Å². The minimum atomic E-state index is 0.528. The van der Waals surface area contributed by atoms with E-state index < -0.39 is 0 Å². The Balaban J connectivity index is 1.61. The summed E-state index contributed by atoms with van der Waals surface area (Å²) in [7, 11) is 0. The Morgan fingerprint density at radius 1 is 1.04 bits per heavy atom. The second kappa shape index (κ2) is 8.52. The zero-order valence-electron chi connectivity index (χ0n) is 14.3. The summed E-state index contributed by atoms with van der Waals surface area (Å²) in [4.78, 5) is 8.90. The van der Waals surface area contributed by atoms with Crippen LogP contribution in [-0.4, -0.2) is 22.6 Å². The Hall–Kier alpha value is -2.30. The van der Waals surface area contributed by atoms with Gasteiger partial charge in [0.25, 0.3) is 0 Å². The van der Waals surface area contributed by atoms with E-state index in [4.69, 9.17) is 4.74 Å². The average molecular weight is 326 g/mol. The van der Waals surface area contributed by atoms with Crippen molar-refractivity contribution < 1.29 is 4.74 Å². The molecule has 0 saturated heterocycles. The number of hydrogen-bond acceptors (Lipinski definition) is 5. The van der Waals surface area contributed by atoms with Crippen molar-refractivity contribution in [1.82, 2.24) is 9.97 Å². The molecule has 1 aliphatic carbocycles. The molecule has 128 valence electrons. The molecule has 1 aromatic carbocycles. The van der Waals surface area contributed by atoms with Gasteiger partial charge in [-0.15, -0.1) is 0 Å². The summed E-state index contributed by atoms with van der Waals surface area (Å²) in [6.07, 6.45) is 9.57. The fourth-order valence-corrected chi connectivity index (χ4v) is 3.06. The maximum Gasteiger partial charge on any atom is 0.229 e. The van der Waals surface area contributed by atoms with E-state index >= 15 is 0 Å². The van der Waals surface area contributed by atoms with Crippen molar-refractivity contribution in [2.45, 2.75) is 51.5 Å². The fraction of sp³-hybridized carbons (Fsp3) is 0.474. The molecule has 0 spiro atoms. The molecule has 5 nitrogen and oxygen atoms in total. The predicted molar refractivity (Wildman–Crippen MR) is 98.0 cm³/mol. The lowest BCUT2D eigenvalue weighted by Gasteiger charge is -2.17. The van der Waals surface area contributed by atoms with E-state index in [9.17, 15) is 0 Å². The van der Waals surface area contributed by atoms with Gasteiger partial charge in [0.2, 0.25) is 5.95 Å². The second-order valence-corrected chi connectivity index (χ2v) is 6.18. The first kappa shape index (κ1) is 16.6. The van der Waals surface area contributed by atoms with Crippen LogP contribution >= 0.6 is 0 Å². The van der Waals surface area contributed by atoms with E-state index in [-0.39, 0.29) is 0 Å². The summed E-state index contributed by atoms with van der Waals surface area (Å²) in [5.41, 5.74) is 0.949. The summed E-state index contributed by atoms with van der Waals surface area (Å²) >= 11 is 0. The van der Waals surface area contributed by atoms with Crippen molar-refractivity contribution in [1.29, 1.82) is 0 Å². The van der Waals surface area contributed by atoms with Crippen LogP contribution in [0, 0.1) is 0 Å².